The Morgan fingerprint density at radius 3 is 2.67 bits per heavy atom. The van der Waals surface area contributed by atoms with Gasteiger partial charge >= 0.3 is 0 Å². The van der Waals surface area contributed by atoms with Gasteiger partial charge in [0.1, 0.15) is 0 Å². The van der Waals surface area contributed by atoms with E-state index in [1.165, 1.54) is 0 Å². The molecule has 1 aromatic carbocycles. The zero-order valence-corrected chi connectivity index (χ0v) is 9.37. The van der Waals surface area contributed by atoms with Crippen LogP contribution in [0.2, 0.25) is 0 Å². The zero-order chi connectivity index (χ0) is 11.2. The fourth-order valence-electron chi connectivity index (χ4n) is 2.08. The highest BCUT2D eigenvalue weighted by atomic mass is 16.2. The van der Waals surface area contributed by atoms with Crippen LogP contribution in [-0.4, -0.2) is 13.0 Å². The largest absolute Gasteiger partial charge is 0.322 e. The molecule has 3 nitrogen and oxygen atoms in total. The predicted octanol–water partition coefficient (Wildman–Crippen LogP) is 1.40. The number of likely N-dealkylation sites (N-methyl/N-ethyl adjacent to an activating group) is 1. The van der Waals surface area contributed by atoms with Crippen molar-refractivity contribution in [2.45, 2.75) is 25.8 Å². The molecule has 0 unspecified atom stereocenters. The van der Waals surface area contributed by atoms with Gasteiger partial charge in [-0.3, -0.25) is 4.79 Å². The van der Waals surface area contributed by atoms with E-state index in [2.05, 4.69) is 0 Å². The van der Waals surface area contributed by atoms with Crippen LogP contribution >= 0.6 is 0 Å². The number of anilines is 1. The molecule has 0 aliphatic carbocycles. The molecule has 80 valence electrons. The van der Waals surface area contributed by atoms with Gasteiger partial charge in [-0.15, -0.1) is 0 Å². The summed E-state index contributed by atoms with van der Waals surface area (Å²) < 4.78 is 0. The summed E-state index contributed by atoms with van der Waals surface area (Å²) in [4.78, 5) is 13.3. The van der Waals surface area contributed by atoms with E-state index >= 15 is 0 Å². The lowest BCUT2D eigenvalue weighted by Gasteiger charge is -2.22. The summed E-state index contributed by atoms with van der Waals surface area (Å²) in [5.74, 6) is 0.140. The van der Waals surface area contributed by atoms with Crippen molar-refractivity contribution in [3.63, 3.8) is 0 Å². The summed E-state index contributed by atoms with van der Waals surface area (Å²) >= 11 is 0. The number of rotatable bonds is 1. The van der Waals surface area contributed by atoms with Crippen LogP contribution in [0.1, 0.15) is 25.0 Å². The van der Waals surface area contributed by atoms with E-state index < -0.39 is 5.54 Å². The summed E-state index contributed by atoms with van der Waals surface area (Å²) in [7, 11) is 1.81. The van der Waals surface area contributed by atoms with Crippen LogP contribution in [0, 0.1) is 0 Å². The third-order valence-electron chi connectivity index (χ3n) is 2.91. The Morgan fingerprint density at radius 2 is 2.07 bits per heavy atom. The van der Waals surface area contributed by atoms with Crippen molar-refractivity contribution in [2.24, 2.45) is 5.73 Å². The number of nitrogens with two attached hydrogens (primary N) is 1. The van der Waals surface area contributed by atoms with Gasteiger partial charge in [0.15, 0.2) is 0 Å². The standard InChI is InChI=1S/C12H16N2O/c1-12(2,13)9-5-4-6-10-8(9)7-11(15)14(10)3/h4-6H,7,13H2,1-3H3. The van der Waals surface area contributed by atoms with Gasteiger partial charge < -0.3 is 10.6 Å². The van der Waals surface area contributed by atoms with Crippen molar-refractivity contribution < 1.29 is 4.79 Å². The Kier molecular flexibility index (Phi) is 2.08. The molecule has 0 radical (unpaired) electrons. The number of carbonyl (C=O) groups excluding carboxylic acids is 1. The summed E-state index contributed by atoms with van der Waals surface area (Å²) in [5, 5.41) is 0. The molecule has 3 heteroatoms. The maximum Gasteiger partial charge on any atom is 0.231 e. The van der Waals surface area contributed by atoms with Gasteiger partial charge in [-0.2, -0.15) is 0 Å². The molecule has 1 heterocycles. The second-order valence-corrected chi connectivity index (χ2v) is 4.65. The molecule has 1 aromatic rings. The third-order valence-corrected chi connectivity index (χ3v) is 2.91. The van der Waals surface area contributed by atoms with Crippen LogP contribution in [0.4, 0.5) is 5.69 Å². The summed E-state index contributed by atoms with van der Waals surface area (Å²) in [6.07, 6.45) is 0.475. The summed E-state index contributed by atoms with van der Waals surface area (Å²) in [5.41, 5.74) is 8.84. The average molecular weight is 204 g/mol. The van der Waals surface area contributed by atoms with E-state index in [1.807, 2.05) is 39.1 Å². The highest BCUT2D eigenvalue weighted by Crippen LogP contribution is 2.34. The monoisotopic (exact) mass is 204 g/mol. The lowest BCUT2D eigenvalue weighted by Crippen LogP contribution is -2.29. The molecule has 0 atom stereocenters. The normalized spacial score (nSPS) is 15.7. The zero-order valence-electron chi connectivity index (χ0n) is 9.37. The molecule has 1 amide bonds. The first kappa shape index (κ1) is 10.2. The van der Waals surface area contributed by atoms with Crippen molar-refractivity contribution in [2.75, 3.05) is 11.9 Å². The van der Waals surface area contributed by atoms with Gasteiger partial charge in [-0.05, 0) is 31.0 Å². The van der Waals surface area contributed by atoms with Crippen LogP contribution in [0.3, 0.4) is 0 Å². The molecule has 0 saturated carbocycles. The highest BCUT2D eigenvalue weighted by Gasteiger charge is 2.29. The lowest BCUT2D eigenvalue weighted by molar-refractivity contribution is -0.117. The average Bonchev–Trinajstić information content (AvgIpc) is 2.41. The number of fused-ring (bicyclic) bond motifs is 1. The molecule has 2 N–H and O–H groups in total. The molecule has 0 fully saturated rings. The van der Waals surface area contributed by atoms with Gasteiger partial charge in [0.25, 0.3) is 0 Å². The molecule has 0 spiro atoms. The third kappa shape index (κ3) is 1.53. The Labute approximate surface area is 89.9 Å². The predicted molar refractivity (Wildman–Crippen MR) is 60.8 cm³/mol. The van der Waals surface area contributed by atoms with Crippen molar-refractivity contribution in [3.05, 3.63) is 29.3 Å². The Hall–Kier alpha value is -1.35. The second kappa shape index (κ2) is 3.07. The number of carbonyl (C=O) groups is 1. The minimum Gasteiger partial charge on any atom is -0.322 e. The topological polar surface area (TPSA) is 46.3 Å². The molecule has 2 rings (SSSR count). The molecular formula is C12H16N2O. The number of hydrogen-bond donors (Lipinski definition) is 1. The van der Waals surface area contributed by atoms with Crippen molar-refractivity contribution >= 4 is 11.6 Å². The first-order chi connectivity index (χ1) is 6.91. The van der Waals surface area contributed by atoms with E-state index in [0.717, 1.165) is 16.8 Å². The first-order valence-corrected chi connectivity index (χ1v) is 5.09. The maximum absolute atomic E-state index is 11.6. The fourth-order valence-corrected chi connectivity index (χ4v) is 2.08. The molecule has 0 saturated heterocycles. The number of amides is 1. The SMILES string of the molecule is CN1C(=O)Cc2c1cccc2C(C)(C)N. The minimum atomic E-state index is -0.392. The molecule has 15 heavy (non-hydrogen) atoms. The molecule has 1 aliphatic heterocycles. The van der Waals surface area contributed by atoms with Gasteiger partial charge in [0.05, 0.1) is 6.42 Å². The van der Waals surface area contributed by atoms with Crippen LogP contribution in [0.15, 0.2) is 18.2 Å². The van der Waals surface area contributed by atoms with E-state index in [-0.39, 0.29) is 5.91 Å². The van der Waals surface area contributed by atoms with E-state index in [4.69, 9.17) is 5.73 Å². The molecule has 1 aliphatic rings. The Balaban J connectivity index is 2.60. The van der Waals surface area contributed by atoms with Crippen LogP contribution in [0.25, 0.3) is 0 Å². The van der Waals surface area contributed by atoms with Crippen molar-refractivity contribution in [1.82, 2.24) is 0 Å². The highest BCUT2D eigenvalue weighted by molar-refractivity contribution is 6.01. The summed E-state index contributed by atoms with van der Waals surface area (Å²) in [6.45, 7) is 3.93. The quantitative estimate of drug-likeness (QED) is 0.751. The van der Waals surface area contributed by atoms with Crippen LogP contribution in [-0.2, 0) is 16.8 Å². The van der Waals surface area contributed by atoms with E-state index in [9.17, 15) is 4.79 Å². The van der Waals surface area contributed by atoms with Crippen molar-refractivity contribution in [3.8, 4) is 0 Å². The number of nitrogens with zero attached hydrogens (tertiary/aromatic N) is 1. The smallest absolute Gasteiger partial charge is 0.231 e. The molecular weight excluding hydrogens is 188 g/mol. The van der Waals surface area contributed by atoms with E-state index in [1.54, 1.807) is 4.90 Å². The Bertz CT molecular complexity index is 418. The van der Waals surface area contributed by atoms with E-state index in [0.29, 0.717) is 6.42 Å². The number of hydrogen-bond acceptors (Lipinski definition) is 2. The molecule has 0 aromatic heterocycles. The Morgan fingerprint density at radius 1 is 1.40 bits per heavy atom. The van der Waals surface area contributed by atoms with Gasteiger partial charge in [0, 0.05) is 18.3 Å². The minimum absolute atomic E-state index is 0.140. The fraction of sp³-hybridized carbons (Fsp3) is 0.417. The van der Waals surface area contributed by atoms with Gasteiger partial charge in [-0.25, -0.2) is 0 Å². The van der Waals surface area contributed by atoms with Gasteiger partial charge in [-0.1, -0.05) is 12.1 Å². The first-order valence-electron chi connectivity index (χ1n) is 5.09. The second-order valence-electron chi connectivity index (χ2n) is 4.65. The summed E-state index contributed by atoms with van der Waals surface area (Å²) in [6, 6.07) is 5.93. The molecule has 0 bridgehead atoms. The van der Waals surface area contributed by atoms with Gasteiger partial charge in [0.2, 0.25) is 5.91 Å². The van der Waals surface area contributed by atoms with Crippen LogP contribution in [0.5, 0.6) is 0 Å². The number of benzene rings is 1. The van der Waals surface area contributed by atoms with Crippen molar-refractivity contribution in [1.29, 1.82) is 0 Å². The van der Waals surface area contributed by atoms with Crippen LogP contribution < -0.4 is 10.6 Å². The lowest BCUT2D eigenvalue weighted by atomic mass is 9.90. The maximum atomic E-state index is 11.6.